The average Bonchev–Trinajstić information content (AvgIpc) is 2.32. The van der Waals surface area contributed by atoms with Crippen LogP contribution >= 0.6 is 11.8 Å². The molecule has 1 aromatic rings. The zero-order chi connectivity index (χ0) is 11.8. The van der Waals surface area contributed by atoms with Crippen molar-refractivity contribution in [2.45, 2.75) is 25.2 Å². The Bertz CT molecular complexity index is 280. The van der Waals surface area contributed by atoms with Crippen LogP contribution in [0.25, 0.3) is 0 Å². The molecule has 3 heteroatoms. The van der Waals surface area contributed by atoms with Crippen molar-refractivity contribution in [1.82, 2.24) is 4.90 Å². The van der Waals surface area contributed by atoms with E-state index in [1.807, 2.05) is 23.9 Å². The van der Waals surface area contributed by atoms with E-state index in [0.29, 0.717) is 0 Å². The van der Waals surface area contributed by atoms with Gasteiger partial charge in [0.05, 0.1) is 0 Å². The Kier molecular flexibility index (Phi) is 6.34. The van der Waals surface area contributed by atoms with Crippen molar-refractivity contribution >= 4 is 17.4 Å². The smallest absolute Gasteiger partial charge is 0.0314 e. The van der Waals surface area contributed by atoms with Crippen LogP contribution in [0, 0.1) is 0 Å². The Balaban J connectivity index is 2.18. The Morgan fingerprint density at radius 2 is 1.75 bits per heavy atom. The minimum absolute atomic E-state index is 0.840. The Morgan fingerprint density at radius 3 is 2.31 bits per heavy atom. The van der Waals surface area contributed by atoms with Crippen molar-refractivity contribution in [3.05, 3.63) is 24.3 Å². The SMILES string of the molecule is CCN(CC)CCCSc1ccc(N)cc1. The van der Waals surface area contributed by atoms with Crippen molar-refractivity contribution in [3.8, 4) is 0 Å². The van der Waals surface area contributed by atoms with Crippen molar-refractivity contribution in [2.24, 2.45) is 0 Å². The molecule has 0 spiro atoms. The largest absolute Gasteiger partial charge is 0.399 e. The van der Waals surface area contributed by atoms with Crippen LogP contribution in [-0.4, -0.2) is 30.3 Å². The molecule has 0 aromatic heterocycles. The van der Waals surface area contributed by atoms with Crippen LogP contribution in [0.5, 0.6) is 0 Å². The van der Waals surface area contributed by atoms with Gasteiger partial charge in [0.2, 0.25) is 0 Å². The minimum Gasteiger partial charge on any atom is -0.399 e. The van der Waals surface area contributed by atoms with Gasteiger partial charge in [-0.1, -0.05) is 13.8 Å². The van der Waals surface area contributed by atoms with Crippen LogP contribution in [0.3, 0.4) is 0 Å². The van der Waals surface area contributed by atoms with Gasteiger partial charge >= 0.3 is 0 Å². The number of nitrogens with zero attached hydrogens (tertiary/aromatic N) is 1. The van der Waals surface area contributed by atoms with Crippen LogP contribution in [0.2, 0.25) is 0 Å². The molecule has 0 amide bonds. The Hall–Kier alpha value is -0.670. The standard InChI is InChI=1S/C13H22N2S/c1-3-15(4-2)10-5-11-16-13-8-6-12(14)7-9-13/h6-9H,3-5,10-11,14H2,1-2H3. The third-order valence-electron chi connectivity index (χ3n) is 2.66. The van der Waals surface area contributed by atoms with Gasteiger partial charge in [-0.15, -0.1) is 11.8 Å². The lowest BCUT2D eigenvalue weighted by molar-refractivity contribution is 0.305. The Morgan fingerprint density at radius 1 is 1.12 bits per heavy atom. The number of rotatable bonds is 7. The van der Waals surface area contributed by atoms with E-state index in [1.165, 1.54) is 23.6 Å². The molecule has 0 unspecified atom stereocenters. The fourth-order valence-electron chi connectivity index (χ4n) is 1.58. The summed E-state index contributed by atoms with van der Waals surface area (Å²) < 4.78 is 0. The molecular weight excluding hydrogens is 216 g/mol. The van der Waals surface area contributed by atoms with Gasteiger partial charge in [-0.05, 0) is 56.1 Å². The van der Waals surface area contributed by atoms with E-state index in [-0.39, 0.29) is 0 Å². The molecule has 0 saturated carbocycles. The zero-order valence-corrected chi connectivity index (χ0v) is 11.1. The molecule has 90 valence electrons. The molecule has 0 saturated heterocycles. The average molecular weight is 238 g/mol. The molecule has 0 bridgehead atoms. The van der Waals surface area contributed by atoms with Crippen molar-refractivity contribution in [2.75, 3.05) is 31.1 Å². The molecule has 0 aliphatic heterocycles. The van der Waals surface area contributed by atoms with E-state index in [2.05, 4.69) is 30.9 Å². The summed E-state index contributed by atoms with van der Waals surface area (Å²) in [6.45, 7) is 7.95. The lowest BCUT2D eigenvalue weighted by atomic mass is 10.3. The van der Waals surface area contributed by atoms with Gasteiger partial charge in [-0.2, -0.15) is 0 Å². The highest BCUT2D eigenvalue weighted by Gasteiger charge is 1.99. The monoisotopic (exact) mass is 238 g/mol. The molecule has 1 aromatic carbocycles. The first-order valence-corrected chi connectivity index (χ1v) is 6.95. The first kappa shape index (κ1) is 13.4. The number of benzene rings is 1. The quantitative estimate of drug-likeness (QED) is 0.450. The maximum absolute atomic E-state index is 5.64. The van der Waals surface area contributed by atoms with E-state index in [9.17, 15) is 0 Å². The molecule has 0 aliphatic carbocycles. The molecule has 1 rings (SSSR count). The maximum Gasteiger partial charge on any atom is 0.0314 e. The minimum atomic E-state index is 0.840. The van der Waals surface area contributed by atoms with Crippen LogP contribution in [0.15, 0.2) is 29.2 Å². The lowest BCUT2D eigenvalue weighted by Gasteiger charge is -2.17. The fourth-order valence-corrected chi connectivity index (χ4v) is 2.42. The normalized spacial score (nSPS) is 10.9. The van der Waals surface area contributed by atoms with Crippen LogP contribution < -0.4 is 5.73 Å². The highest BCUT2D eigenvalue weighted by atomic mass is 32.2. The number of hydrogen-bond donors (Lipinski definition) is 1. The van der Waals surface area contributed by atoms with Gasteiger partial charge in [0.15, 0.2) is 0 Å². The molecule has 16 heavy (non-hydrogen) atoms. The first-order chi connectivity index (χ1) is 7.76. The van der Waals surface area contributed by atoms with Crippen molar-refractivity contribution in [3.63, 3.8) is 0 Å². The number of nitrogens with two attached hydrogens (primary N) is 1. The summed E-state index contributed by atoms with van der Waals surface area (Å²) in [5.74, 6) is 1.18. The molecule has 0 atom stereocenters. The van der Waals surface area contributed by atoms with E-state index in [0.717, 1.165) is 18.8 Å². The summed E-state index contributed by atoms with van der Waals surface area (Å²) in [5.41, 5.74) is 6.48. The second-order valence-corrected chi connectivity index (χ2v) is 4.97. The van der Waals surface area contributed by atoms with Crippen LogP contribution in [0.4, 0.5) is 5.69 Å². The summed E-state index contributed by atoms with van der Waals surface area (Å²) in [6, 6.07) is 8.12. The van der Waals surface area contributed by atoms with Crippen LogP contribution in [-0.2, 0) is 0 Å². The predicted molar refractivity (Wildman–Crippen MR) is 74.0 cm³/mol. The van der Waals surface area contributed by atoms with Gasteiger partial charge in [0.1, 0.15) is 0 Å². The van der Waals surface area contributed by atoms with E-state index in [4.69, 9.17) is 5.73 Å². The summed E-state index contributed by atoms with van der Waals surface area (Å²) in [7, 11) is 0. The molecule has 2 N–H and O–H groups in total. The lowest BCUT2D eigenvalue weighted by Crippen LogP contribution is -2.24. The zero-order valence-electron chi connectivity index (χ0n) is 10.3. The van der Waals surface area contributed by atoms with Gasteiger partial charge in [-0.3, -0.25) is 0 Å². The molecule has 0 fully saturated rings. The van der Waals surface area contributed by atoms with Crippen LogP contribution in [0.1, 0.15) is 20.3 Å². The van der Waals surface area contributed by atoms with E-state index >= 15 is 0 Å². The van der Waals surface area contributed by atoms with Gasteiger partial charge < -0.3 is 10.6 Å². The van der Waals surface area contributed by atoms with Crippen molar-refractivity contribution < 1.29 is 0 Å². The number of anilines is 1. The Labute approximate surface area is 103 Å². The third-order valence-corrected chi connectivity index (χ3v) is 3.76. The predicted octanol–water partition coefficient (Wildman–Crippen LogP) is 3.09. The summed E-state index contributed by atoms with van der Waals surface area (Å²) in [4.78, 5) is 3.78. The highest BCUT2D eigenvalue weighted by molar-refractivity contribution is 7.99. The van der Waals surface area contributed by atoms with E-state index < -0.39 is 0 Å². The summed E-state index contributed by atoms with van der Waals surface area (Å²) in [5, 5.41) is 0. The molecule has 0 heterocycles. The number of thioether (sulfide) groups is 1. The fraction of sp³-hybridized carbons (Fsp3) is 0.538. The van der Waals surface area contributed by atoms with Gasteiger partial charge in [-0.25, -0.2) is 0 Å². The molecular formula is C13H22N2S. The number of nitrogen functional groups attached to an aromatic ring is 1. The van der Waals surface area contributed by atoms with Gasteiger partial charge in [0.25, 0.3) is 0 Å². The van der Waals surface area contributed by atoms with Gasteiger partial charge in [0, 0.05) is 10.6 Å². The summed E-state index contributed by atoms with van der Waals surface area (Å²) >= 11 is 1.91. The second-order valence-electron chi connectivity index (χ2n) is 3.80. The number of hydrogen-bond acceptors (Lipinski definition) is 3. The van der Waals surface area contributed by atoms with E-state index in [1.54, 1.807) is 0 Å². The summed E-state index contributed by atoms with van der Waals surface area (Å²) in [6.07, 6.45) is 1.25. The topological polar surface area (TPSA) is 29.3 Å². The maximum atomic E-state index is 5.64. The molecule has 0 aliphatic rings. The first-order valence-electron chi connectivity index (χ1n) is 5.97. The molecule has 0 radical (unpaired) electrons. The molecule has 2 nitrogen and oxygen atoms in total. The third kappa shape index (κ3) is 4.90. The highest BCUT2D eigenvalue weighted by Crippen LogP contribution is 2.19. The second kappa shape index (κ2) is 7.58. The van der Waals surface area contributed by atoms with Crippen molar-refractivity contribution in [1.29, 1.82) is 0 Å².